The van der Waals surface area contributed by atoms with Gasteiger partial charge in [-0.25, -0.2) is 0 Å². The molecule has 0 amide bonds. The minimum absolute atomic E-state index is 1.11. The quantitative estimate of drug-likeness (QED) is 0.589. The normalized spacial score (nSPS) is 18.0. The van der Waals surface area contributed by atoms with E-state index in [1.54, 1.807) is 0 Å². The largest absolute Gasteiger partial charge is 0.376 e. The van der Waals surface area contributed by atoms with Gasteiger partial charge in [0.2, 0.25) is 0 Å². The van der Waals surface area contributed by atoms with Crippen molar-refractivity contribution >= 4 is 5.69 Å². The molecule has 0 spiro atoms. The lowest BCUT2D eigenvalue weighted by atomic mass is 9.99. The molecule has 0 aliphatic carbocycles. The number of nitrogens with one attached hydrogen (secondary N) is 1. The van der Waals surface area contributed by atoms with Crippen LogP contribution in [0.15, 0.2) is 24.3 Å². The van der Waals surface area contributed by atoms with Gasteiger partial charge in [0.05, 0.1) is 6.04 Å². The van der Waals surface area contributed by atoms with Crippen LogP contribution >= 0.6 is 0 Å². The second kappa shape index (κ2) is 2.26. The summed E-state index contributed by atoms with van der Waals surface area (Å²) in [5.74, 6) is 1.11. The molecule has 1 heterocycles. The van der Waals surface area contributed by atoms with Gasteiger partial charge in [0.1, 0.15) is 0 Å². The van der Waals surface area contributed by atoms with Crippen molar-refractivity contribution in [3.8, 4) is 0 Å². The van der Waals surface area contributed by atoms with Crippen LogP contribution in [0.4, 0.5) is 5.69 Å². The van der Waals surface area contributed by atoms with Crippen LogP contribution in [0, 0.1) is 18.9 Å². The fourth-order valence-electron chi connectivity index (χ4n) is 1.33. The van der Waals surface area contributed by atoms with Crippen LogP contribution in [0.3, 0.4) is 0 Å². The Morgan fingerprint density at radius 1 is 1.27 bits per heavy atom. The van der Waals surface area contributed by atoms with Crippen molar-refractivity contribution in [1.82, 2.24) is 0 Å². The fourth-order valence-corrected chi connectivity index (χ4v) is 1.33. The minimum atomic E-state index is 1.11. The molecule has 1 nitrogen and oxygen atoms in total. The lowest BCUT2D eigenvalue weighted by Crippen LogP contribution is -2.03. The molecule has 0 saturated carbocycles. The predicted molar refractivity (Wildman–Crippen MR) is 46.7 cm³/mol. The number of fused-ring (bicyclic) bond motifs is 1. The first kappa shape index (κ1) is 6.71. The van der Waals surface area contributed by atoms with Gasteiger partial charge >= 0.3 is 0 Å². The zero-order valence-corrected chi connectivity index (χ0v) is 6.52. The average molecular weight is 144 g/mol. The molecule has 1 aliphatic heterocycles. The summed E-state index contributed by atoms with van der Waals surface area (Å²) in [4.78, 5) is 0. The highest BCUT2D eigenvalue weighted by Crippen LogP contribution is 2.37. The Bertz CT molecular complexity index is 267. The van der Waals surface area contributed by atoms with E-state index < -0.39 is 0 Å². The molecule has 1 N–H and O–H groups in total. The monoisotopic (exact) mass is 144 g/mol. The fraction of sp³-hybridized carbons (Fsp3) is 0.100. The lowest BCUT2D eigenvalue weighted by Gasteiger charge is -2.05. The summed E-state index contributed by atoms with van der Waals surface area (Å²) in [6.07, 6.45) is 0. The Kier molecular flexibility index (Phi) is 1.38. The summed E-state index contributed by atoms with van der Waals surface area (Å²) in [5, 5.41) is 3.26. The van der Waals surface area contributed by atoms with Gasteiger partial charge in [-0.3, -0.25) is 0 Å². The first-order chi connectivity index (χ1) is 5.29. The van der Waals surface area contributed by atoms with E-state index in [0.717, 1.165) is 12.0 Å². The molecule has 11 heavy (non-hydrogen) atoms. The molecule has 1 aliphatic rings. The Morgan fingerprint density at radius 3 is 2.73 bits per heavy atom. The number of anilines is 1. The Balaban J connectivity index is 2.47. The molecule has 0 aromatic heterocycles. The highest BCUT2D eigenvalue weighted by atomic mass is 15.0. The zero-order chi connectivity index (χ0) is 7.84. The van der Waals surface area contributed by atoms with Crippen molar-refractivity contribution in [2.75, 3.05) is 5.32 Å². The van der Waals surface area contributed by atoms with Crippen molar-refractivity contribution in [2.45, 2.75) is 6.92 Å². The number of para-hydroxylation sites is 1. The highest BCUT2D eigenvalue weighted by molar-refractivity contribution is 5.70. The van der Waals surface area contributed by atoms with E-state index in [1.165, 1.54) is 11.3 Å². The van der Waals surface area contributed by atoms with Crippen molar-refractivity contribution in [3.63, 3.8) is 0 Å². The lowest BCUT2D eigenvalue weighted by molar-refractivity contribution is 1.12. The van der Waals surface area contributed by atoms with E-state index >= 15 is 0 Å². The topological polar surface area (TPSA) is 12.0 Å². The van der Waals surface area contributed by atoms with E-state index in [1.807, 2.05) is 19.1 Å². The molecular formula is C10H10N. The molecule has 2 rings (SSSR count). The third kappa shape index (κ3) is 0.917. The first-order valence-corrected chi connectivity index (χ1v) is 3.68. The molecule has 0 saturated heterocycles. The Hall–Kier alpha value is -0.980. The maximum Gasteiger partial charge on any atom is 0.0687 e. The summed E-state index contributed by atoms with van der Waals surface area (Å²) in [6, 6.07) is 9.37. The average Bonchev–Trinajstić information content (AvgIpc) is 2.30. The van der Waals surface area contributed by atoms with Gasteiger partial charge in [-0.2, -0.15) is 0 Å². The second-order valence-electron chi connectivity index (χ2n) is 2.77. The van der Waals surface area contributed by atoms with E-state index in [9.17, 15) is 0 Å². The van der Waals surface area contributed by atoms with Gasteiger partial charge in [-0.15, -0.1) is 0 Å². The van der Waals surface area contributed by atoms with Crippen LogP contribution in [0.1, 0.15) is 12.5 Å². The van der Waals surface area contributed by atoms with Gasteiger partial charge in [0.25, 0.3) is 0 Å². The van der Waals surface area contributed by atoms with Gasteiger partial charge in [0, 0.05) is 11.6 Å². The minimum Gasteiger partial charge on any atom is -0.376 e. The van der Waals surface area contributed by atoms with E-state index in [-0.39, 0.29) is 0 Å². The summed E-state index contributed by atoms with van der Waals surface area (Å²) in [6.45, 7) is 6.02. The van der Waals surface area contributed by atoms with Crippen molar-refractivity contribution in [3.05, 3.63) is 48.7 Å². The van der Waals surface area contributed by atoms with Gasteiger partial charge in [-0.05, 0) is 25.5 Å². The molecule has 3 radical (unpaired) electrons. The first-order valence-electron chi connectivity index (χ1n) is 3.68. The number of hydrogen-bond acceptors (Lipinski definition) is 1. The van der Waals surface area contributed by atoms with Crippen LogP contribution in [-0.4, -0.2) is 0 Å². The maximum atomic E-state index is 3.98. The van der Waals surface area contributed by atoms with Crippen LogP contribution in [-0.2, 0) is 0 Å². The smallest absolute Gasteiger partial charge is 0.0687 e. The maximum absolute atomic E-state index is 3.98. The SMILES string of the molecule is [CH2][C]1[C](C)Nc2ccccc21. The van der Waals surface area contributed by atoms with E-state index in [2.05, 4.69) is 24.4 Å². The number of hydrogen-bond donors (Lipinski definition) is 1. The Labute approximate surface area is 67.4 Å². The molecule has 0 atom stereocenters. The third-order valence-corrected chi connectivity index (χ3v) is 2.03. The molecule has 0 fully saturated rings. The van der Waals surface area contributed by atoms with Gasteiger partial charge in [0.15, 0.2) is 0 Å². The molecular weight excluding hydrogens is 134 g/mol. The molecule has 0 unspecified atom stereocenters. The van der Waals surface area contributed by atoms with Crippen LogP contribution in [0.5, 0.6) is 0 Å². The summed E-state index contributed by atoms with van der Waals surface area (Å²) < 4.78 is 0. The number of benzene rings is 1. The second-order valence-corrected chi connectivity index (χ2v) is 2.77. The Morgan fingerprint density at radius 2 is 2.00 bits per heavy atom. The summed E-state index contributed by atoms with van der Waals surface area (Å²) in [5.41, 5.74) is 2.40. The van der Waals surface area contributed by atoms with Gasteiger partial charge < -0.3 is 5.32 Å². The van der Waals surface area contributed by atoms with Crippen molar-refractivity contribution < 1.29 is 0 Å². The van der Waals surface area contributed by atoms with Crippen LogP contribution in [0.2, 0.25) is 0 Å². The third-order valence-electron chi connectivity index (χ3n) is 2.03. The molecule has 0 bridgehead atoms. The standard InChI is InChI=1S/C10H10N/c1-7-8(2)11-10-6-4-3-5-9(7)10/h3-6,11H,1H2,2H3. The highest BCUT2D eigenvalue weighted by Gasteiger charge is 2.25. The van der Waals surface area contributed by atoms with Crippen molar-refractivity contribution in [2.24, 2.45) is 0 Å². The van der Waals surface area contributed by atoms with Crippen LogP contribution in [0.25, 0.3) is 0 Å². The number of rotatable bonds is 0. The predicted octanol–water partition coefficient (Wildman–Crippen LogP) is 2.42. The summed E-state index contributed by atoms with van der Waals surface area (Å²) in [7, 11) is 0. The molecule has 55 valence electrons. The van der Waals surface area contributed by atoms with Crippen LogP contribution < -0.4 is 5.32 Å². The summed E-state index contributed by atoms with van der Waals surface area (Å²) >= 11 is 0. The zero-order valence-electron chi connectivity index (χ0n) is 6.52. The van der Waals surface area contributed by atoms with E-state index in [0.29, 0.717) is 0 Å². The molecule has 1 aromatic carbocycles. The van der Waals surface area contributed by atoms with E-state index in [4.69, 9.17) is 0 Å². The molecule has 1 aromatic rings. The van der Waals surface area contributed by atoms with Crippen molar-refractivity contribution in [1.29, 1.82) is 0 Å². The van der Waals surface area contributed by atoms with Gasteiger partial charge in [-0.1, -0.05) is 18.2 Å². The molecule has 1 heteroatoms.